The van der Waals surface area contributed by atoms with Gasteiger partial charge >= 0.3 is 6.43 Å². The normalized spacial score (nSPS) is 12.4. The van der Waals surface area contributed by atoms with Crippen molar-refractivity contribution >= 4 is 5.95 Å². The largest absolute Gasteiger partial charge is 0.415 e. The summed E-state index contributed by atoms with van der Waals surface area (Å²) in [6, 6.07) is 4.78. The Kier molecular flexibility index (Phi) is 4.87. The number of halogens is 4. The molecule has 0 radical (unpaired) electrons. The lowest BCUT2D eigenvalue weighted by molar-refractivity contribution is 0.116. The molecule has 0 aliphatic heterocycles. The first-order valence-corrected chi connectivity index (χ1v) is 7.09. The molecule has 130 valence electrons. The molecule has 0 saturated heterocycles. The second-order valence-electron chi connectivity index (χ2n) is 4.91. The summed E-state index contributed by atoms with van der Waals surface area (Å²) >= 11 is 0. The van der Waals surface area contributed by atoms with Crippen LogP contribution in [-0.2, 0) is 0 Å². The predicted molar refractivity (Wildman–Crippen MR) is 79.0 cm³/mol. The highest BCUT2D eigenvalue weighted by molar-refractivity contribution is 5.50. The minimum atomic E-state index is -2.88. The zero-order valence-electron chi connectivity index (χ0n) is 12.5. The van der Waals surface area contributed by atoms with Gasteiger partial charge in [0.05, 0.1) is 11.6 Å². The van der Waals surface area contributed by atoms with Crippen LogP contribution in [0.25, 0.3) is 11.5 Å². The van der Waals surface area contributed by atoms with Gasteiger partial charge in [0, 0.05) is 18.0 Å². The summed E-state index contributed by atoms with van der Waals surface area (Å²) in [7, 11) is 0. The third-order valence-corrected chi connectivity index (χ3v) is 3.26. The van der Waals surface area contributed by atoms with Crippen LogP contribution in [0.5, 0.6) is 0 Å². The number of alkyl halides is 3. The number of hydrogen-bond acceptors (Lipinski definition) is 6. The fourth-order valence-corrected chi connectivity index (χ4v) is 2.07. The molecule has 0 amide bonds. The van der Waals surface area contributed by atoms with Crippen LogP contribution in [-0.4, -0.2) is 26.8 Å². The third kappa shape index (κ3) is 3.73. The Morgan fingerprint density at radius 3 is 2.40 bits per heavy atom. The quantitative estimate of drug-likeness (QED) is 0.681. The van der Waals surface area contributed by atoms with Crippen LogP contribution in [0.3, 0.4) is 0 Å². The summed E-state index contributed by atoms with van der Waals surface area (Å²) in [5.74, 6) is -1.50. The molecular formula is C15H11F4N5O. The fourth-order valence-electron chi connectivity index (χ4n) is 2.07. The lowest BCUT2D eigenvalue weighted by Gasteiger charge is -2.16. The molecule has 0 bridgehead atoms. The molecule has 0 aliphatic carbocycles. The van der Waals surface area contributed by atoms with Gasteiger partial charge in [-0.05, 0) is 6.07 Å². The lowest BCUT2D eigenvalue weighted by atomic mass is 10.1. The summed E-state index contributed by atoms with van der Waals surface area (Å²) in [6.07, 6.45) is -0.391. The van der Waals surface area contributed by atoms with Crippen LogP contribution in [0.1, 0.15) is 23.9 Å². The van der Waals surface area contributed by atoms with Gasteiger partial charge in [-0.3, -0.25) is 0 Å². The highest BCUT2D eigenvalue weighted by Crippen LogP contribution is 2.24. The Balaban J connectivity index is 1.76. The first-order valence-electron chi connectivity index (χ1n) is 7.09. The minimum Gasteiger partial charge on any atom is -0.415 e. The highest BCUT2D eigenvalue weighted by atomic mass is 19.3. The average Bonchev–Trinajstić information content (AvgIpc) is 3.11. The smallest absolute Gasteiger partial charge is 0.314 e. The molecule has 2 heterocycles. The Hall–Kier alpha value is -3.04. The van der Waals surface area contributed by atoms with Gasteiger partial charge in [0.2, 0.25) is 5.95 Å². The zero-order valence-corrected chi connectivity index (χ0v) is 12.5. The van der Waals surface area contributed by atoms with Gasteiger partial charge in [0.15, 0.2) is 0 Å². The number of anilines is 1. The molecule has 0 aliphatic rings. The number of nitrogens with one attached hydrogen (secondary N) is 1. The molecule has 3 rings (SSSR count). The van der Waals surface area contributed by atoms with Crippen molar-refractivity contribution < 1.29 is 22.0 Å². The van der Waals surface area contributed by atoms with E-state index in [2.05, 4.69) is 25.5 Å². The van der Waals surface area contributed by atoms with E-state index in [1.54, 1.807) is 6.07 Å². The molecule has 1 aromatic carbocycles. The lowest BCUT2D eigenvalue weighted by Crippen LogP contribution is -2.16. The second kappa shape index (κ2) is 7.24. The molecular weight excluding hydrogens is 342 g/mol. The van der Waals surface area contributed by atoms with Crippen LogP contribution in [0, 0.1) is 5.82 Å². The molecule has 0 spiro atoms. The van der Waals surface area contributed by atoms with Gasteiger partial charge in [-0.15, -0.1) is 10.2 Å². The predicted octanol–water partition coefficient (Wildman–Crippen LogP) is 3.73. The van der Waals surface area contributed by atoms with Crippen molar-refractivity contribution in [3.63, 3.8) is 0 Å². The number of hydrogen-bond donors (Lipinski definition) is 1. The number of aromatic nitrogens is 4. The van der Waals surface area contributed by atoms with Crippen molar-refractivity contribution in [3.8, 4) is 11.5 Å². The van der Waals surface area contributed by atoms with Crippen LogP contribution >= 0.6 is 0 Å². The maximum Gasteiger partial charge on any atom is 0.314 e. The summed E-state index contributed by atoms with van der Waals surface area (Å²) in [5, 5.41) is 9.33. The molecule has 0 fully saturated rings. The van der Waals surface area contributed by atoms with Crippen molar-refractivity contribution in [2.24, 2.45) is 0 Å². The number of rotatable bonds is 6. The maximum absolute atomic E-state index is 13.7. The highest BCUT2D eigenvalue weighted by Gasteiger charge is 2.19. The topological polar surface area (TPSA) is 76.7 Å². The van der Waals surface area contributed by atoms with Crippen molar-refractivity contribution in [3.05, 3.63) is 53.9 Å². The SMILES string of the molecule is FCC(Nc1ncc(-c2nnc(C(F)F)o2)cn1)c1ccccc1F. The molecule has 2 aromatic heterocycles. The Morgan fingerprint density at radius 2 is 1.80 bits per heavy atom. The summed E-state index contributed by atoms with van der Waals surface area (Å²) < 4.78 is 56.6. The van der Waals surface area contributed by atoms with E-state index in [-0.39, 0.29) is 23.0 Å². The molecule has 1 atom stereocenters. The monoisotopic (exact) mass is 353 g/mol. The van der Waals surface area contributed by atoms with Crippen molar-refractivity contribution in [2.45, 2.75) is 12.5 Å². The number of benzene rings is 1. The van der Waals surface area contributed by atoms with Crippen LogP contribution in [0.15, 0.2) is 41.1 Å². The molecule has 3 aromatic rings. The summed E-state index contributed by atoms with van der Waals surface area (Å²) in [5.41, 5.74) is 0.351. The summed E-state index contributed by atoms with van der Waals surface area (Å²) in [6.45, 7) is -0.881. The molecule has 1 N–H and O–H groups in total. The molecule has 10 heteroatoms. The van der Waals surface area contributed by atoms with Crippen LogP contribution in [0.2, 0.25) is 0 Å². The van der Waals surface area contributed by atoms with Gasteiger partial charge in [-0.2, -0.15) is 8.78 Å². The number of nitrogens with zero attached hydrogens (tertiary/aromatic N) is 4. The summed E-state index contributed by atoms with van der Waals surface area (Å²) in [4.78, 5) is 7.85. The van der Waals surface area contributed by atoms with Crippen molar-refractivity contribution in [1.29, 1.82) is 0 Å². The first-order chi connectivity index (χ1) is 12.1. The Morgan fingerprint density at radius 1 is 1.08 bits per heavy atom. The molecule has 6 nitrogen and oxygen atoms in total. The maximum atomic E-state index is 13.7. The van der Waals surface area contributed by atoms with E-state index in [0.29, 0.717) is 0 Å². The molecule has 1 unspecified atom stereocenters. The van der Waals surface area contributed by atoms with Gasteiger partial charge in [0.25, 0.3) is 11.8 Å². The molecule has 25 heavy (non-hydrogen) atoms. The van der Waals surface area contributed by atoms with Crippen molar-refractivity contribution in [1.82, 2.24) is 20.2 Å². The van der Waals surface area contributed by atoms with E-state index in [9.17, 15) is 17.6 Å². The van der Waals surface area contributed by atoms with E-state index in [1.807, 2.05) is 0 Å². The van der Waals surface area contributed by atoms with E-state index in [4.69, 9.17) is 4.42 Å². The van der Waals surface area contributed by atoms with E-state index >= 15 is 0 Å². The zero-order chi connectivity index (χ0) is 17.8. The first kappa shape index (κ1) is 16.8. The second-order valence-corrected chi connectivity index (χ2v) is 4.91. The van der Waals surface area contributed by atoms with Crippen LogP contribution < -0.4 is 5.32 Å². The minimum absolute atomic E-state index is 0.0308. The van der Waals surface area contributed by atoms with Gasteiger partial charge in [-0.1, -0.05) is 18.2 Å². The Labute approximate surface area is 138 Å². The van der Waals surface area contributed by atoms with E-state index in [1.165, 1.54) is 30.6 Å². The van der Waals surface area contributed by atoms with Crippen molar-refractivity contribution in [2.75, 3.05) is 12.0 Å². The molecule has 0 saturated carbocycles. The van der Waals surface area contributed by atoms with Gasteiger partial charge in [0.1, 0.15) is 12.5 Å². The third-order valence-electron chi connectivity index (χ3n) is 3.26. The fraction of sp³-hybridized carbons (Fsp3) is 0.200. The Bertz CT molecular complexity index is 840. The van der Waals surface area contributed by atoms with E-state index in [0.717, 1.165) is 0 Å². The van der Waals surface area contributed by atoms with E-state index < -0.39 is 30.8 Å². The van der Waals surface area contributed by atoms with Gasteiger partial charge in [-0.25, -0.2) is 18.7 Å². The van der Waals surface area contributed by atoms with Crippen LogP contribution in [0.4, 0.5) is 23.5 Å². The average molecular weight is 353 g/mol. The standard InChI is InChI=1S/C15H11F4N5O/c16-5-11(9-3-1-2-4-10(9)17)22-15-20-6-8(7-21-15)13-23-24-14(25-13)12(18)19/h1-4,6-7,11-12H,5H2,(H,20,21,22). The van der Waals surface area contributed by atoms with Gasteiger partial charge < -0.3 is 9.73 Å².